The zero-order valence-corrected chi connectivity index (χ0v) is 16.7. The maximum atomic E-state index is 12.7. The Kier molecular flexibility index (Phi) is 5.41. The number of nitrogens with one attached hydrogen (secondary N) is 1. The predicted octanol–water partition coefficient (Wildman–Crippen LogP) is 1.58. The van der Waals surface area contributed by atoms with Crippen LogP contribution in [0.4, 0.5) is 5.00 Å². The molecule has 1 aliphatic carbocycles. The number of thiophene rings is 1. The molecule has 2 atom stereocenters. The molecule has 3 rings (SSSR count). The fraction of sp³-hybridized carbons (Fsp3) is 0.647. The third-order valence-corrected chi connectivity index (χ3v) is 7.66. The average Bonchev–Trinajstić information content (AvgIpc) is 2.91. The van der Waals surface area contributed by atoms with Crippen molar-refractivity contribution in [2.45, 2.75) is 39.0 Å². The SMILES string of the molecule is C[C@@H]1CCc2c(sc(NC(=O)[C@H]3CCCN(S(C)(=O)=O)C3)c2C(N)=O)C1. The van der Waals surface area contributed by atoms with Crippen LogP contribution >= 0.6 is 11.3 Å². The van der Waals surface area contributed by atoms with Crippen molar-refractivity contribution in [2.75, 3.05) is 24.7 Å². The number of hydrogen-bond acceptors (Lipinski definition) is 5. The summed E-state index contributed by atoms with van der Waals surface area (Å²) < 4.78 is 24.9. The van der Waals surface area contributed by atoms with Crippen LogP contribution < -0.4 is 11.1 Å². The Labute approximate surface area is 158 Å². The van der Waals surface area contributed by atoms with Gasteiger partial charge >= 0.3 is 0 Å². The quantitative estimate of drug-likeness (QED) is 0.801. The number of piperidine rings is 1. The summed E-state index contributed by atoms with van der Waals surface area (Å²) in [4.78, 5) is 25.8. The second kappa shape index (κ2) is 7.28. The number of primary amides is 1. The highest BCUT2D eigenvalue weighted by atomic mass is 32.2. The molecule has 144 valence electrons. The first-order chi connectivity index (χ1) is 12.2. The average molecular weight is 400 g/mol. The molecule has 9 heteroatoms. The number of hydrogen-bond donors (Lipinski definition) is 2. The number of nitrogens with zero attached hydrogens (tertiary/aromatic N) is 1. The van der Waals surface area contributed by atoms with Gasteiger partial charge < -0.3 is 11.1 Å². The molecule has 2 amide bonds. The van der Waals surface area contributed by atoms with Crippen molar-refractivity contribution in [3.63, 3.8) is 0 Å². The summed E-state index contributed by atoms with van der Waals surface area (Å²) in [5.41, 5.74) is 6.98. The van der Waals surface area contributed by atoms with Gasteiger partial charge in [-0.1, -0.05) is 6.92 Å². The number of rotatable bonds is 4. The smallest absolute Gasteiger partial charge is 0.251 e. The van der Waals surface area contributed by atoms with Crippen molar-refractivity contribution in [3.05, 3.63) is 16.0 Å². The third-order valence-electron chi connectivity index (χ3n) is 5.22. The zero-order chi connectivity index (χ0) is 19.1. The van der Waals surface area contributed by atoms with Crippen LogP contribution in [0.5, 0.6) is 0 Å². The van der Waals surface area contributed by atoms with Gasteiger partial charge in [0.25, 0.3) is 5.91 Å². The lowest BCUT2D eigenvalue weighted by Gasteiger charge is -2.30. The van der Waals surface area contributed by atoms with Crippen LogP contribution in [0.15, 0.2) is 0 Å². The maximum Gasteiger partial charge on any atom is 0.251 e. The summed E-state index contributed by atoms with van der Waals surface area (Å²) in [6.07, 6.45) is 5.13. The van der Waals surface area contributed by atoms with E-state index in [1.54, 1.807) is 0 Å². The lowest BCUT2D eigenvalue weighted by Crippen LogP contribution is -2.43. The molecule has 1 aromatic heterocycles. The van der Waals surface area contributed by atoms with Crippen molar-refractivity contribution in [3.8, 4) is 0 Å². The van der Waals surface area contributed by atoms with Crippen LogP contribution in [0, 0.1) is 11.8 Å². The summed E-state index contributed by atoms with van der Waals surface area (Å²) >= 11 is 1.43. The number of anilines is 1. The van der Waals surface area contributed by atoms with Crippen LogP contribution in [-0.2, 0) is 27.7 Å². The van der Waals surface area contributed by atoms with Gasteiger partial charge in [0.15, 0.2) is 0 Å². The minimum atomic E-state index is -3.31. The van der Waals surface area contributed by atoms with Gasteiger partial charge in [0.05, 0.1) is 17.7 Å². The van der Waals surface area contributed by atoms with Gasteiger partial charge in [0.2, 0.25) is 15.9 Å². The van der Waals surface area contributed by atoms with E-state index < -0.39 is 21.8 Å². The molecule has 1 aromatic rings. The first kappa shape index (κ1) is 19.3. The molecule has 1 fully saturated rings. The van der Waals surface area contributed by atoms with Crippen molar-refractivity contribution >= 4 is 38.2 Å². The van der Waals surface area contributed by atoms with E-state index in [2.05, 4.69) is 12.2 Å². The first-order valence-electron chi connectivity index (χ1n) is 8.87. The van der Waals surface area contributed by atoms with Crippen LogP contribution in [0.2, 0.25) is 0 Å². The van der Waals surface area contributed by atoms with Gasteiger partial charge in [-0.15, -0.1) is 11.3 Å². The van der Waals surface area contributed by atoms with E-state index in [1.807, 2.05) is 0 Å². The fourth-order valence-electron chi connectivity index (χ4n) is 3.77. The maximum absolute atomic E-state index is 12.7. The molecule has 0 radical (unpaired) electrons. The Hall–Kier alpha value is -1.45. The number of fused-ring (bicyclic) bond motifs is 1. The van der Waals surface area contributed by atoms with Gasteiger partial charge in [0.1, 0.15) is 5.00 Å². The molecule has 0 spiro atoms. The monoisotopic (exact) mass is 399 g/mol. The molecule has 2 heterocycles. The minimum Gasteiger partial charge on any atom is -0.365 e. The summed E-state index contributed by atoms with van der Waals surface area (Å²) in [7, 11) is -3.31. The second-order valence-corrected chi connectivity index (χ2v) is 10.5. The van der Waals surface area contributed by atoms with Gasteiger partial charge in [0, 0.05) is 18.0 Å². The Morgan fingerprint density at radius 2 is 2.04 bits per heavy atom. The molecule has 1 aliphatic heterocycles. The fourth-order valence-corrected chi connectivity index (χ4v) is 6.10. The van der Waals surface area contributed by atoms with E-state index in [-0.39, 0.29) is 12.5 Å². The Morgan fingerprint density at radius 3 is 2.69 bits per heavy atom. The zero-order valence-electron chi connectivity index (χ0n) is 15.1. The predicted molar refractivity (Wildman–Crippen MR) is 102 cm³/mol. The summed E-state index contributed by atoms with van der Waals surface area (Å²) in [6, 6.07) is 0. The van der Waals surface area contributed by atoms with E-state index in [9.17, 15) is 18.0 Å². The largest absolute Gasteiger partial charge is 0.365 e. The number of amides is 2. The van der Waals surface area contributed by atoms with Crippen molar-refractivity contribution in [1.29, 1.82) is 0 Å². The van der Waals surface area contributed by atoms with Crippen LogP contribution in [0.1, 0.15) is 47.0 Å². The lowest BCUT2D eigenvalue weighted by atomic mass is 9.88. The molecule has 0 aromatic carbocycles. The van der Waals surface area contributed by atoms with Crippen LogP contribution in [0.25, 0.3) is 0 Å². The minimum absolute atomic E-state index is 0.179. The van der Waals surface area contributed by atoms with Crippen molar-refractivity contribution in [2.24, 2.45) is 17.6 Å². The Balaban J connectivity index is 1.80. The molecule has 26 heavy (non-hydrogen) atoms. The molecule has 3 N–H and O–H groups in total. The highest BCUT2D eigenvalue weighted by Crippen LogP contribution is 2.39. The number of carbonyl (C=O) groups excluding carboxylic acids is 2. The molecule has 7 nitrogen and oxygen atoms in total. The van der Waals surface area contributed by atoms with Gasteiger partial charge in [-0.25, -0.2) is 12.7 Å². The normalized spacial score (nSPS) is 24.1. The molecular formula is C17H25N3O4S2. The van der Waals surface area contributed by atoms with Crippen LogP contribution in [-0.4, -0.2) is 43.9 Å². The highest BCUT2D eigenvalue weighted by Gasteiger charge is 2.32. The van der Waals surface area contributed by atoms with E-state index in [0.29, 0.717) is 35.9 Å². The molecule has 0 bridgehead atoms. The summed E-state index contributed by atoms with van der Waals surface area (Å²) in [6.45, 7) is 2.80. The number of nitrogens with two attached hydrogens (primary N) is 1. The van der Waals surface area contributed by atoms with E-state index in [4.69, 9.17) is 5.73 Å². The van der Waals surface area contributed by atoms with E-state index in [0.717, 1.165) is 36.0 Å². The van der Waals surface area contributed by atoms with Gasteiger partial charge in [-0.3, -0.25) is 9.59 Å². The molecule has 1 saturated heterocycles. The summed E-state index contributed by atoms with van der Waals surface area (Å²) in [5.74, 6) is -0.634. The van der Waals surface area contributed by atoms with Crippen LogP contribution in [0.3, 0.4) is 0 Å². The second-order valence-electron chi connectivity index (χ2n) is 7.37. The Morgan fingerprint density at radius 1 is 1.31 bits per heavy atom. The van der Waals surface area contributed by atoms with Gasteiger partial charge in [-0.05, 0) is 43.6 Å². The number of carbonyl (C=O) groups is 2. The van der Waals surface area contributed by atoms with Gasteiger partial charge in [-0.2, -0.15) is 0 Å². The standard InChI is InChI=1S/C17H25N3O4S2/c1-10-5-6-12-13(8-10)25-17(14(12)15(18)21)19-16(22)11-4-3-7-20(9-11)26(2,23)24/h10-11H,3-9H2,1-2H3,(H2,18,21)(H,19,22)/t10-,11+/m1/s1. The third kappa shape index (κ3) is 3.94. The van der Waals surface area contributed by atoms with Crippen molar-refractivity contribution < 1.29 is 18.0 Å². The molecular weight excluding hydrogens is 374 g/mol. The number of sulfonamides is 1. The first-order valence-corrected chi connectivity index (χ1v) is 11.5. The van der Waals surface area contributed by atoms with E-state index >= 15 is 0 Å². The molecule has 0 saturated carbocycles. The molecule has 0 unspecified atom stereocenters. The van der Waals surface area contributed by atoms with E-state index in [1.165, 1.54) is 15.6 Å². The molecule has 2 aliphatic rings. The lowest BCUT2D eigenvalue weighted by molar-refractivity contribution is -0.120. The highest BCUT2D eigenvalue weighted by molar-refractivity contribution is 7.88. The summed E-state index contributed by atoms with van der Waals surface area (Å²) in [5, 5.41) is 3.38. The Bertz CT molecular complexity index is 831. The topological polar surface area (TPSA) is 110 Å². The van der Waals surface area contributed by atoms with Crippen molar-refractivity contribution in [1.82, 2.24) is 4.31 Å².